The molecule has 1 unspecified atom stereocenters. The van der Waals surface area contributed by atoms with Crippen LogP contribution in [0.1, 0.15) is 116 Å². The average Bonchev–Trinajstić information content (AvgIpc) is 1.37. The van der Waals surface area contributed by atoms with Gasteiger partial charge < -0.3 is 116 Å². The zero-order valence-electron chi connectivity index (χ0n) is 62.2. The molecule has 2 aliphatic heterocycles. The van der Waals surface area contributed by atoms with Gasteiger partial charge in [-0.1, -0.05) is 57.1 Å². The molecule has 8 atom stereocenters. The first-order valence-electron chi connectivity index (χ1n) is 36.2. The van der Waals surface area contributed by atoms with Crippen molar-refractivity contribution in [3.63, 3.8) is 0 Å². The number of ketones is 1. The first-order valence-corrected chi connectivity index (χ1v) is 39.8. The van der Waals surface area contributed by atoms with Crippen LogP contribution in [0.15, 0.2) is 40.5 Å². The lowest BCUT2D eigenvalue weighted by molar-refractivity contribution is -0.141. The number of ether oxygens (including phenoxy) is 4. The van der Waals surface area contributed by atoms with Gasteiger partial charge in [-0.2, -0.15) is 0 Å². The highest BCUT2D eigenvalue weighted by molar-refractivity contribution is 8.76. The number of guanidine groups is 1. The van der Waals surface area contributed by atoms with Gasteiger partial charge in [0.25, 0.3) is 0 Å². The van der Waals surface area contributed by atoms with Crippen molar-refractivity contribution in [1.29, 1.82) is 0 Å². The van der Waals surface area contributed by atoms with Crippen LogP contribution in [-0.2, 0) is 92.5 Å². The van der Waals surface area contributed by atoms with Gasteiger partial charge in [-0.15, -0.1) is 11.8 Å². The number of carbonyl (C=O) groups is 14. The van der Waals surface area contributed by atoms with Crippen LogP contribution < -0.4 is 86.7 Å². The van der Waals surface area contributed by atoms with Gasteiger partial charge in [-0.25, -0.2) is 0 Å². The first-order chi connectivity index (χ1) is 52.1. The SMILES string of the molecule is C/C(=N/O)C(C)(C)NCCC(CCN)CCNC(=O)CCCC(=O)NCCCC[C@@H]1NC(=O)CSC[C@@H](C(=O)NCCOCCOCCOCCCC(=O)COCC(N)=O)NC(=O)[C@H](Cc2ccccc2)NC(=O)[C@@H]2CSSC[C@H](NC1=O)C(=O)N[C@@H](CCCN=C(N)N)C(=O)NCC(=O)N[C@@H](CC(=O)O)C(=O)N2. The van der Waals surface area contributed by atoms with Crippen molar-refractivity contribution in [3.8, 4) is 0 Å². The lowest BCUT2D eigenvalue weighted by atomic mass is 9.95. The monoisotopic (exact) mass is 1600 g/mol. The summed E-state index contributed by atoms with van der Waals surface area (Å²) >= 11 is 0.890. The van der Waals surface area contributed by atoms with Crippen LogP contribution in [0, 0.1) is 5.92 Å². The summed E-state index contributed by atoms with van der Waals surface area (Å²) in [6.07, 6.45) is 2.40. The summed E-state index contributed by atoms with van der Waals surface area (Å²) in [5.74, 6) is -12.6. The third-order valence-corrected chi connectivity index (χ3v) is 20.2. The number of benzene rings is 1. The maximum absolute atomic E-state index is 14.7. The molecule has 0 saturated carbocycles. The highest BCUT2D eigenvalue weighted by atomic mass is 33.1. The van der Waals surface area contributed by atoms with Crippen LogP contribution in [0.5, 0.6) is 0 Å². The second kappa shape index (κ2) is 55.0. The summed E-state index contributed by atoms with van der Waals surface area (Å²) in [6.45, 7) is 6.61. The Balaban J connectivity index is 1.91. The number of oxime groups is 1. The summed E-state index contributed by atoms with van der Waals surface area (Å²) in [6, 6.07) is -2.27. The van der Waals surface area contributed by atoms with E-state index in [1.165, 1.54) is 0 Å². The quantitative estimate of drug-likeness (QED) is 0.00738. The van der Waals surface area contributed by atoms with Gasteiger partial charge in [0.05, 0.1) is 63.0 Å². The number of nitrogens with two attached hydrogens (primary N) is 4. The Hall–Kier alpha value is -8.45. The van der Waals surface area contributed by atoms with Crippen LogP contribution in [-0.4, -0.2) is 274 Å². The third kappa shape index (κ3) is 42.9. The fourth-order valence-electron chi connectivity index (χ4n) is 10.5. The largest absolute Gasteiger partial charge is 0.481 e. The van der Waals surface area contributed by atoms with Crippen molar-refractivity contribution in [2.75, 3.05) is 122 Å². The van der Waals surface area contributed by atoms with Gasteiger partial charge in [0, 0.05) is 75.7 Å². The molecule has 0 radical (unpaired) electrons. The van der Waals surface area contributed by atoms with E-state index in [2.05, 4.69) is 73.9 Å². The fourth-order valence-corrected chi connectivity index (χ4v) is 13.7. The van der Waals surface area contributed by atoms with E-state index >= 15 is 0 Å². The number of aliphatic imine (C=N–C) groups is 1. The predicted molar refractivity (Wildman–Crippen MR) is 408 cm³/mol. The number of aliphatic carboxylic acids is 1. The van der Waals surface area contributed by atoms with E-state index in [0.29, 0.717) is 43.8 Å². The molecule has 22 N–H and O–H groups in total. The Kier molecular flexibility index (Phi) is 47.8. The van der Waals surface area contributed by atoms with E-state index in [1.54, 1.807) is 37.3 Å². The summed E-state index contributed by atoms with van der Waals surface area (Å²) in [5, 5.41) is 54.8. The van der Waals surface area contributed by atoms with Gasteiger partial charge in [-0.05, 0) is 110 Å². The van der Waals surface area contributed by atoms with Gasteiger partial charge in [-0.3, -0.25) is 72.1 Å². The van der Waals surface area contributed by atoms with Crippen molar-refractivity contribution >= 4 is 128 Å². The van der Waals surface area contributed by atoms with E-state index in [1.807, 2.05) is 13.8 Å². The van der Waals surface area contributed by atoms with Crippen LogP contribution in [0.25, 0.3) is 0 Å². The molecular formula is C68H112N18O20S3. The Bertz CT molecular complexity index is 3140. The lowest BCUT2D eigenvalue weighted by Gasteiger charge is -2.27. The van der Waals surface area contributed by atoms with E-state index < -0.39 is 132 Å². The van der Waals surface area contributed by atoms with Crippen molar-refractivity contribution in [1.82, 2.24) is 63.8 Å². The molecule has 109 heavy (non-hydrogen) atoms. The number of primary amides is 1. The number of rotatable bonds is 45. The van der Waals surface area contributed by atoms with Gasteiger partial charge in [0.1, 0.15) is 55.5 Å². The Labute approximate surface area is 646 Å². The molecule has 3 rings (SSSR count). The fraction of sp³-hybridized carbons (Fsp3) is 0.676. The number of carbonyl (C=O) groups excluding carboxylic acids is 13. The van der Waals surface area contributed by atoms with Crippen molar-refractivity contribution < 1.29 is 96.4 Å². The average molecular weight is 1600 g/mol. The maximum Gasteiger partial charge on any atom is 0.305 e. The third-order valence-electron chi connectivity index (χ3n) is 16.8. The van der Waals surface area contributed by atoms with E-state index in [4.69, 9.17) is 41.9 Å². The highest BCUT2D eigenvalue weighted by Crippen LogP contribution is 2.24. The molecule has 2 fully saturated rings. The predicted octanol–water partition coefficient (Wildman–Crippen LogP) is -4.04. The number of carboxylic acid groups (broad SMARTS) is 1. The van der Waals surface area contributed by atoms with Crippen molar-refractivity contribution in [2.24, 2.45) is 39.0 Å². The topological polar surface area (TPSA) is 590 Å². The summed E-state index contributed by atoms with van der Waals surface area (Å²) in [7, 11) is 1.82. The molecule has 38 nitrogen and oxygen atoms in total. The van der Waals surface area contributed by atoms with Crippen LogP contribution in [0.3, 0.4) is 0 Å². The number of thioether (sulfide) groups is 1. The smallest absolute Gasteiger partial charge is 0.305 e. The maximum atomic E-state index is 14.7. The molecular weight excluding hydrogens is 1490 g/mol. The number of nitrogens with one attached hydrogen (secondary N) is 12. The molecule has 41 heteroatoms. The molecule has 612 valence electrons. The molecule has 0 spiro atoms. The van der Waals surface area contributed by atoms with Crippen LogP contribution >= 0.6 is 33.3 Å². The second-order valence-corrected chi connectivity index (χ2v) is 29.7. The molecule has 0 aromatic heterocycles. The van der Waals surface area contributed by atoms with Gasteiger partial charge >= 0.3 is 5.97 Å². The number of carboxylic acids is 1. The molecule has 12 amide bonds. The number of hydrogen-bond acceptors (Lipinski definition) is 26. The molecule has 1 aromatic carbocycles. The number of nitrogens with zero attached hydrogens (tertiary/aromatic N) is 2. The molecule has 2 aliphatic rings. The second-order valence-electron chi connectivity index (χ2n) is 26.1. The van der Waals surface area contributed by atoms with Gasteiger partial charge in [0.15, 0.2) is 11.7 Å². The number of Topliss-reactive ketones (excluding diaryl/α,β-unsaturated/α-hetero) is 1. The minimum absolute atomic E-state index is 0.00573. The highest BCUT2D eigenvalue weighted by Gasteiger charge is 2.36. The first kappa shape index (κ1) is 94.8. The zero-order valence-corrected chi connectivity index (χ0v) is 64.7. The molecule has 2 bridgehead atoms. The van der Waals surface area contributed by atoms with E-state index in [0.717, 1.165) is 46.2 Å². The molecule has 2 heterocycles. The number of unbranched alkanes of at least 4 members (excludes halogenated alkanes) is 1. The molecule has 1 aromatic rings. The Morgan fingerprint density at radius 1 is 0.596 bits per heavy atom. The summed E-state index contributed by atoms with van der Waals surface area (Å²) in [4.78, 5) is 193. The van der Waals surface area contributed by atoms with Crippen molar-refractivity contribution in [2.45, 2.75) is 165 Å². The Morgan fingerprint density at radius 2 is 1.18 bits per heavy atom. The van der Waals surface area contributed by atoms with Gasteiger partial charge in [0.2, 0.25) is 70.9 Å². The van der Waals surface area contributed by atoms with E-state index in [-0.39, 0.29) is 183 Å². The zero-order chi connectivity index (χ0) is 80.4. The number of fused-ring (bicyclic) bond motifs is 5. The molecule has 0 aliphatic carbocycles. The Morgan fingerprint density at radius 3 is 1.82 bits per heavy atom. The minimum atomic E-state index is -1.84. The minimum Gasteiger partial charge on any atom is -0.481 e. The van der Waals surface area contributed by atoms with Crippen LogP contribution in [0.2, 0.25) is 0 Å². The summed E-state index contributed by atoms with van der Waals surface area (Å²) < 4.78 is 21.6. The standard InChI is InChI=1S/C68H112N18O20S3/c1-43(86-102)68(2,3)78-26-21-44(19-22-69)20-25-74-56(90)18-9-17-55(89)73-23-8-7-15-48-62(97)84-52-40-108-109-41-53(85-64(99)50(35-59(93)94)80-57(91)36-77-60(95)47(81-65(52)100)16-10-24-76-67(71)72)66(101)82-49(34-45-12-5-4-6-13-45)63(98)83-51(39-107-42-58(92)79-48)61(96)75-27-29-104-31-33-105-32-30-103-28-11-14-46(87)37-106-38-54(70)88/h4-6,12-13,44,47-53,78,102H,7-11,14-42,69H2,1-3H3,(H2,70,88)(H,73,89)(H,74,90)(H,75,96)(H,77,95)(H,79,92)(H,80,91)(H,81,100)(H,82,101)(H,83,98)(H,84,97)(H,85,99)(H,93,94)(H4,71,72,76)/b86-43-/t44?,47-,48-,49-,50-,51-,52-,53-/m0/s1. The number of hydrogen-bond donors (Lipinski definition) is 18. The summed E-state index contributed by atoms with van der Waals surface area (Å²) in [5.41, 5.74) is 22.5. The number of amides is 12. The van der Waals surface area contributed by atoms with Crippen LogP contribution in [0.4, 0.5) is 0 Å². The van der Waals surface area contributed by atoms with E-state index in [9.17, 15) is 77.4 Å². The molecule has 2 saturated heterocycles. The van der Waals surface area contributed by atoms with Crippen molar-refractivity contribution in [3.05, 3.63) is 35.9 Å². The lowest BCUT2D eigenvalue weighted by Crippen LogP contribution is -2.60. The normalized spacial score (nSPS) is 20.1.